The Kier molecular flexibility index (Phi) is 3.92. The third-order valence-corrected chi connectivity index (χ3v) is 4.44. The molecule has 5 heteroatoms. The fourth-order valence-electron chi connectivity index (χ4n) is 3.30. The Bertz CT molecular complexity index is 532. The summed E-state index contributed by atoms with van der Waals surface area (Å²) in [6.45, 7) is 3.06. The van der Waals surface area contributed by atoms with Crippen molar-refractivity contribution in [3.8, 4) is 0 Å². The first kappa shape index (κ1) is 14.1. The van der Waals surface area contributed by atoms with Gasteiger partial charge in [0.2, 0.25) is 5.91 Å². The third-order valence-electron chi connectivity index (χ3n) is 4.44. The van der Waals surface area contributed by atoms with Crippen LogP contribution in [0, 0.1) is 5.92 Å². The SMILES string of the molecule is O=C(O)C1CC(=O)N(C2CCN(Cc3ccccc3)C2)C1. The number of likely N-dealkylation sites (tertiary alicyclic amines) is 2. The molecule has 2 saturated heterocycles. The van der Waals surface area contributed by atoms with Gasteiger partial charge in [-0.15, -0.1) is 0 Å². The first-order chi connectivity index (χ1) is 10.1. The number of hydrogen-bond acceptors (Lipinski definition) is 3. The summed E-state index contributed by atoms with van der Waals surface area (Å²) in [4.78, 5) is 27.1. The van der Waals surface area contributed by atoms with Crippen molar-refractivity contribution in [2.75, 3.05) is 19.6 Å². The van der Waals surface area contributed by atoms with Crippen molar-refractivity contribution in [2.45, 2.75) is 25.4 Å². The minimum Gasteiger partial charge on any atom is -0.481 e. The first-order valence-corrected chi connectivity index (χ1v) is 7.42. The average molecular weight is 288 g/mol. The zero-order valence-electron chi connectivity index (χ0n) is 11.9. The summed E-state index contributed by atoms with van der Waals surface area (Å²) in [6, 6.07) is 10.5. The van der Waals surface area contributed by atoms with Crippen molar-refractivity contribution in [1.29, 1.82) is 0 Å². The molecule has 0 spiro atoms. The van der Waals surface area contributed by atoms with Gasteiger partial charge in [0, 0.05) is 38.6 Å². The molecule has 2 fully saturated rings. The first-order valence-electron chi connectivity index (χ1n) is 7.42. The lowest BCUT2D eigenvalue weighted by atomic mass is 10.1. The molecule has 1 aromatic rings. The van der Waals surface area contributed by atoms with E-state index in [-0.39, 0.29) is 18.4 Å². The monoisotopic (exact) mass is 288 g/mol. The molecule has 2 aliphatic rings. The summed E-state index contributed by atoms with van der Waals surface area (Å²) < 4.78 is 0. The Balaban J connectivity index is 1.57. The van der Waals surface area contributed by atoms with E-state index in [1.807, 2.05) is 18.2 Å². The van der Waals surface area contributed by atoms with Crippen molar-refractivity contribution >= 4 is 11.9 Å². The lowest BCUT2D eigenvalue weighted by Gasteiger charge is -2.24. The van der Waals surface area contributed by atoms with Crippen LogP contribution in [0.2, 0.25) is 0 Å². The van der Waals surface area contributed by atoms with Gasteiger partial charge in [0.1, 0.15) is 0 Å². The van der Waals surface area contributed by atoms with E-state index in [1.54, 1.807) is 4.90 Å². The number of rotatable bonds is 4. The molecule has 1 N–H and O–H groups in total. The Morgan fingerprint density at radius 3 is 2.67 bits per heavy atom. The molecule has 2 atom stereocenters. The number of carboxylic acid groups (broad SMARTS) is 1. The molecule has 0 bridgehead atoms. The van der Waals surface area contributed by atoms with E-state index >= 15 is 0 Å². The van der Waals surface area contributed by atoms with Crippen molar-refractivity contribution in [3.63, 3.8) is 0 Å². The lowest BCUT2D eigenvalue weighted by Crippen LogP contribution is -2.39. The summed E-state index contributed by atoms with van der Waals surface area (Å²) in [5.74, 6) is -1.39. The maximum atomic E-state index is 12.0. The van der Waals surface area contributed by atoms with Gasteiger partial charge >= 0.3 is 5.97 Å². The van der Waals surface area contributed by atoms with E-state index in [0.29, 0.717) is 6.54 Å². The van der Waals surface area contributed by atoms with E-state index in [2.05, 4.69) is 17.0 Å². The van der Waals surface area contributed by atoms with Gasteiger partial charge in [-0.2, -0.15) is 0 Å². The summed E-state index contributed by atoms with van der Waals surface area (Å²) in [7, 11) is 0. The second-order valence-electron chi connectivity index (χ2n) is 5.95. The summed E-state index contributed by atoms with van der Waals surface area (Å²) in [6.07, 6.45) is 1.09. The molecule has 1 aromatic carbocycles. The molecular weight excluding hydrogens is 268 g/mol. The standard InChI is InChI=1S/C16H20N2O3/c19-15-8-13(16(20)21)10-18(15)14-6-7-17(11-14)9-12-4-2-1-3-5-12/h1-5,13-14H,6-11H2,(H,20,21). The smallest absolute Gasteiger partial charge is 0.308 e. The van der Waals surface area contributed by atoms with Crippen molar-refractivity contribution in [1.82, 2.24) is 9.80 Å². The van der Waals surface area contributed by atoms with Gasteiger partial charge in [-0.25, -0.2) is 0 Å². The quantitative estimate of drug-likeness (QED) is 0.904. The molecule has 1 amide bonds. The number of benzene rings is 1. The Labute approximate surface area is 124 Å². The largest absolute Gasteiger partial charge is 0.481 e. The van der Waals surface area contributed by atoms with Gasteiger partial charge in [-0.3, -0.25) is 14.5 Å². The van der Waals surface area contributed by atoms with Gasteiger partial charge < -0.3 is 10.0 Å². The molecule has 2 heterocycles. The van der Waals surface area contributed by atoms with Gasteiger partial charge in [-0.1, -0.05) is 30.3 Å². The van der Waals surface area contributed by atoms with Crippen LogP contribution in [0.1, 0.15) is 18.4 Å². The maximum absolute atomic E-state index is 12.0. The molecule has 5 nitrogen and oxygen atoms in total. The van der Waals surface area contributed by atoms with Gasteiger partial charge in [-0.05, 0) is 12.0 Å². The highest BCUT2D eigenvalue weighted by Gasteiger charge is 2.39. The highest BCUT2D eigenvalue weighted by Crippen LogP contribution is 2.25. The fourth-order valence-corrected chi connectivity index (χ4v) is 3.30. The van der Waals surface area contributed by atoms with Crippen molar-refractivity contribution in [2.24, 2.45) is 5.92 Å². The summed E-state index contributed by atoms with van der Waals surface area (Å²) >= 11 is 0. The number of carbonyl (C=O) groups excluding carboxylic acids is 1. The van der Waals surface area contributed by atoms with E-state index in [4.69, 9.17) is 5.11 Å². The minimum atomic E-state index is -0.856. The van der Waals surface area contributed by atoms with Crippen LogP contribution in [0.25, 0.3) is 0 Å². The average Bonchev–Trinajstić information content (AvgIpc) is 3.06. The van der Waals surface area contributed by atoms with Gasteiger partial charge in [0.15, 0.2) is 0 Å². The van der Waals surface area contributed by atoms with Crippen LogP contribution in [0.15, 0.2) is 30.3 Å². The molecule has 21 heavy (non-hydrogen) atoms. The minimum absolute atomic E-state index is 0.00559. The topological polar surface area (TPSA) is 60.9 Å². The number of nitrogens with zero attached hydrogens (tertiary/aromatic N) is 2. The van der Waals surface area contributed by atoms with Gasteiger partial charge in [0.05, 0.1) is 5.92 Å². The van der Waals surface area contributed by atoms with Crippen LogP contribution in [0.3, 0.4) is 0 Å². The summed E-state index contributed by atoms with van der Waals surface area (Å²) in [5.41, 5.74) is 1.27. The maximum Gasteiger partial charge on any atom is 0.308 e. The molecule has 0 saturated carbocycles. The second kappa shape index (κ2) is 5.85. The normalized spacial score (nSPS) is 26.5. The van der Waals surface area contributed by atoms with Crippen molar-refractivity contribution in [3.05, 3.63) is 35.9 Å². The van der Waals surface area contributed by atoms with Crippen LogP contribution < -0.4 is 0 Å². The van der Waals surface area contributed by atoms with E-state index in [0.717, 1.165) is 26.1 Å². The van der Waals surface area contributed by atoms with Crippen LogP contribution in [-0.2, 0) is 16.1 Å². The van der Waals surface area contributed by atoms with Gasteiger partial charge in [0.25, 0.3) is 0 Å². The Morgan fingerprint density at radius 1 is 1.24 bits per heavy atom. The van der Waals surface area contributed by atoms with Crippen LogP contribution >= 0.6 is 0 Å². The number of aliphatic carboxylic acids is 1. The zero-order valence-corrected chi connectivity index (χ0v) is 11.9. The van der Waals surface area contributed by atoms with E-state index in [9.17, 15) is 9.59 Å². The van der Waals surface area contributed by atoms with Crippen LogP contribution in [-0.4, -0.2) is 52.5 Å². The third kappa shape index (κ3) is 3.08. The molecular formula is C16H20N2O3. The predicted molar refractivity (Wildman–Crippen MR) is 77.6 cm³/mol. The number of hydrogen-bond donors (Lipinski definition) is 1. The molecule has 2 unspecified atom stereocenters. The lowest BCUT2D eigenvalue weighted by molar-refractivity contribution is -0.141. The molecule has 3 rings (SSSR count). The predicted octanol–water partition coefficient (Wildman–Crippen LogP) is 1.19. The van der Waals surface area contributed by atoms with Crippen molar-refractivity contribution < 1.29 is 14.7 Å². The van der Waals surface area contributed by atoms with E-state index < -0.39 is 11.9 Å². The number of carbonyl (C=O) groups is 2. The molecule has 2 aliphatic heterocycles. The molecule has 112 valence electrons. The zero-order chi connectivity index (χ0) is 14.8. The van der Waals surface area contributed by atoms with Crippen LogP contribution in [0.4, 0.5) is 0 Å². The fraction of sp³-hybridized carbons (Fsp3) is 0.500. The van der Waals surface area contributed by atoms with E-state index in [1.165, 1.54) is 5.56 Å². The molecule has 0 radical (unpaired) electrons. The summed E-state index contributed by atoms with van der Waals surface area (Å²) in [5, 5.41) is 9.05. The number of carboxylic acids is 1. The highest BCUT2D eigenvalue weighted by molar-refractivity contribution is 5.86. The number of amides is 1. The highest BCUT2D eigenvalue weighted by atomic mass is 16.4. The van der Waals surface area contributed by atoms with Crippen LogP contribution in [0.5, 0.6) is 0 Å². The molecule has 0 aliphatic carbocycles. The Morgan fingerprint density at radius 2 is 2.00 bits per heavy atom. The Hall–Kier alpha value is -1.88. The second-order valence-corrected chi connectivity index (χ2v) is 5.95. The molecule has 0 aromatic heterocycles.